The number of hydrogen-bond donors (Lipinski definition) is 2. The minimum absolute atomic E-state index is 0.0184. The first-order valence-corrected chi connectivity index (χ1v) is 11.8. The number of nitrogens with one attached hydrogen (secondary N) is 2. The van der Waals surface area contributed by atoms with Crippen LogP contribution in [0.5, 0.6) is 0 Å². The zero-order valence-electron chi connectivity index (χ0n) is 20.8. The summed E-state index contributed by atoms with van der Waals surface area (Å²) >= 11 is 0. The molecule has 3 aromatic carbocycles. The predicted octanol–water partition coefficient (Wildman–Crippen LogP) is 5.29. The third-order valence-corrected chi connectivity index (χ3v) is 6.13. The summed E-state index contributed by atoms with van der Waals surface area (Å²) in [6, 6.07) is 25.9. The maximum atomic E-state index is 13.1. The van der Waals surface area contributed by atoms with Crippen molar-refractivity contribution in [2.75, 3.05) is 0 Å². The molecule has 180 valence electrons. The van der Waals surface area contributed by atoms with Gasteiger partial charge in [-0.3, -0.25) is 9.59 Å². The number of nitriles is 1. The fourth-order valence-electron chi connectivity index (χ4n) is 4.02. The Morgan fingerprint density at radius 2 is 1.50 bits per heavy atom. The Bertz CT molecular complexity index is 1410. The van der Waals surface area contributed by atoms with Crippen LogP contribution in [0.3, 0.4) is 0 Å². The number of carbonyl (C=O) groups is 2. The van der Waals surface area contributed by atoms with Crippen molar-refractivity contribution in [3.8, 4) is 6.07 Å². The molecular formula is C30H28N4O2. The van der Waals surface area contributed by atoms with E-state index in [1.165, 1.54) is 0 Å². The fourth-order valence-corrected chi connectivity index (χ4v) is 4.02. The Labute approximate surface area is 211 Å². The van der Waals surface area contributed by atoms with Crippen molar-refractivity contribution in [2.45, 2.75) is 39.2 Å². The SMILES string of the molecule is C[C@@H](NC(=O)/C(C#N)=C1\N=C(NC(=O)c2ccc(C(C)(C)C)cc2)c2ccccc21)c1ccccc1. The van der Waals surface area contributed by atoms with Gasteiger partial charge >= 0.3 is 0 Å². The number of amides is 2. The Balaban J connectivity index is 1.62. The van der Waals surface area contributed by atoms with E-state index in [2.05, 4.69) is 36.4 Å². The van der Waals surface area contributed by atoms with Crippen molar-refractivity contribution in [3.63, 3.8) is 0 Å². The molecule has 4 rings (SSSR count). The molecule has 0 saturated carbocycles. The Morgan fingerprint density at radius 3 is 2.11 bits per heavy atom. The van der Waals surface area contributed by atoms with Crippen molar-refractivity contribution < 1.29 is 9.59 Å². The quantitative estimate of drug-likeness (QED) is 0.396. The van der Waals surface area contributed by atoms with Crippen LogP contribution in [0.15, 0.2) is 89.4 Å². The third-order valence-electron chi connectivity index (χ3n) is 6.13. The molecule has 1 heterocycles. The zero-order valence-corrected chi connectivity index (χ0v) is 20.8. The predicted molar refractivity (Wildman–Crippen MR) is 141 cm³/mol. The van der Waals surface area contributed by atoms with Gasteiger partial charge in [-0.15, -0.1) is 0 Å². The summed E-state index contributed by atoms with van der Waals surface area (Å²) in [4.78, 5) is 30.6. The topological polar surface area (TPSA) is 94.3 Å². The molecule has 0 unspecified atom stereocenters. The molecule has 0 aromatic heterocycles. The molecule has 36 heavy (non-hydrogen) atoms. The van der Waals surface area contributed by atoms with Crippen LogP contribution >= 0.6 is 0 Å². The first-order valence-electron chi connectivity index (χ1n) is 11.8. The van der Waals surface area contributed by atoms with Crippen LogP contribution in [-0.4, -0.2) is 17.6 Å². The van der Waals surface area contributed by atoms with Gasteiger partial charge in [0.2, 0.25) is 0 Å². The first kappa shape index (κ1) is 24.6. The molecule has 1 aliphatic heterocycles. The van der Waals surface area contributed by atoms with Crippen LogP contribution in [0.4, 0.5) is 0 Å². The summed E-state index contributed by atoms with van der Waals surface area (Å²) in [6.45, 7) is 8.20. The van der Waals surface area contributed by atoms with E-state index in [1.54, 1.807) is 18.2 Å². The number of fused-ring (bicyclic) bond motifs is 1. The molecule has 1 aliphatic rings. The number of carbonyl (C=O) groups excluding carboxylic acids is 2. The van der Waals surface area contributed by atoms with Crippen LogP contribution in [0.1, 0.15) is 66.3 Å². The van der Waals surface area contributed by atoms with Crippen LogP contribution in [0.25, 0.3) is 5.70 Å². The van der Waals surface area contributed by atoms with Gasteiger partial charge in [-0.2, -0.15) is 5.26 Å². The van der Waals surface area contributed by atoms with E-state index < -0.39 is 5.91 Å². The third kappa shape index (κ3) is 5.11. The maximum Gasteiger partial charge on any atom is 0.264 e. The first-order chi connectivity index (χ1) is 17.2. The van der Waals surface area contributed by atoms with E-state index in [-0.39, 0.29) is 28.6 Å². The molecule has 0 bridgehead atoms. The molecule has 3 aromatic rings. The summed E-state index contributed by atoms with van der Waals surface area (Å²) < 4.78 is 0. The minimum Gasteiger partial charge on any atom is -0.345 e. The average Bonchev–Trinajstić information content (AvgIpc) is 3.22. The van der Waals surface area contributed by atoms with E-state index in [9.17, 15) is 14.9 Å². The highest BCUT2D eigenvalue weighted by Gasteiger charge is 2.28. The van der Waals surface area contributed by atoms with Gasteiger partial charge in [0.25, 0.3) is 11.8 Å². The van der Waals surface area contributed by atoms with Gasteiger partial charge in [0.05, 0.1) is 11.7 Å². The minimum atomic E-state index is -0.521. The lowest BCUT2D eigenvalue weighted by molar-refractivity contribution is -0.117. The molecular weight excluding hydrogens is 448 g/mol. The lowest BCUT2D eigenvalue weighted by Crippen LogP contribution is -2.30. The van der Waals surface area contributed by atoms with Gasteiger partial charge in [-0.25, -0.2) is 4.99 Å². The van der Waals surface area contributed by atoms with Crippen molar-refractivity contribution >= 4 is 23.3 Å². The van der Waals surface area contributed by atoms with Crippen molar-refractivity contribution in [3.05, 3.63) is 112 Å². The highest BCUT2D eigenvalue weighted by Crippen LogP contribution is 2.31. The molecule has 0 aliphatic carbocycles. The molecule has 0 saturated heterocycles. The van der Waals surface area contributed by atoms with E-state index in [4.69, 9.17) is 0 Å². The standard InChI is InChI=1S/C30H28N4O2/c1-19(20-10-6-5-7-11-20)32-29(36)25(18-31)26-23-12-8-9-13-24(23)27(33-26)34-28(35)21-14-16-22(17-15-21)30(2,3)4/h5-17,19H,1-4H3,(H,32,36)(H,33,34,35)/b26-25-/t19-/m1/s1. The van der Waals surface area contributed by atoms with Gasteiger partial charge in [0, 0.05) is 16.7 Å². The lowest BCUT2D eigenvalue weighted by atomic mass is 9.87. The number of hydrogen-bond acceptors (Lipinski definition) is 4. The molecule has 2 amide bonds. The number of amidine groups is 1. The summed E-state index contributed by atoms with van der Waals surface area (Å²) in [6.07, 6.45) is 0. The van der Waals surface area contributed by atoms with Crippen LogP contribution < -0.4 is 10.6 Å². The molecule has 0 radical (unpaired) electrons. The highest BCUT2D eigenvalue weighted by molar-refractivity contribution is 6.20. The number of benzene rings is 3. The second-order valence-corrected chi connectivity index (χ2v) is 9.73. The second kappa shape index (κ2) is 10.0. The highest BCUT2D eigenvalue weighted by atomic mass is 16.2. The monoisotopic (exact) mass is 476 g/mol. The largest absolute Gasteiger partial charge is 0.345 e. The Kier molecular flexibility index (Phi) is 6.84. The molecule has 0 spiro atoms. The van der Waals surface area contributed by atoms with Crippen molar-refractivity contribution in [1.29, 1.82) is 5.26 Å². The van der Waals surface area contributed by atoms with E-state index in [1.807, 2.05) is 73.7 Å². The van der Waals surface area contributed by atoms with E-state index in [0.29, 0.717) is 22.5 Å². The summed E-state index contributed by atoms with van der Waals surface area (Å²) in [5.74, 6) is -0.527. The zero-order chi connectivity index (χ0) is 25.9. The molecule has 2 N–H and O–H groups in total. The van der Waals surface area contributed by atoms with Gasteiger partial charge < -0.3 is 10.6 Å². The summed E-state index contributed by atoms with van der Waals surface area (Å²) in [5.41, 5.74) is 3.94. The van der Waals surface area contributed by atoms with Gasteiger partial charge in [-0.05, 0) is 35.6 Å². The molecule has 6 nitrogen and oxygen atoms in total. The van der Waals surface area contributed by atoms with Crippen LogP contribution in [0.2, 0.25) is 0 Å². The van der Waals surface area contributed by atoms with Crippen LogP contribution in [0, 0.1) is 11.3 Å². The molecule has 6 heteroatoms. The number of rotatable bonds is 4. The fraction of sp³-hybridized carbons (Fsp3) is 0.200. The smallest absolute Gasteiger partial charge is 0.264 e. The normalized spacial score (nSPS) is 14.7. The molecule has 0 fully saturated rings. The summed E-state index contributed by atoms with van der Waals surface area (Å²) in [7, 11) is 0. The van der Waals surface area contributed by atoms with Gasteiger partial charge in [-0.1, -0.05) is 87.5 Å². The van der Waals surface area contributed by atoms with E-state index >= 15 is 0 Å². The average molecular weight is 477 g/mol. The van der Waals surface area contributed by atoms with Gasteiger partial charge in [0.1, 0.15) is 17.5 Å². The maximum absolute atomic E-state index is 13.1. The number of nitrogens with zero attached hydrogens (tertiary/aromatic N) is 2. The molecule has 1 atom stereocenters. The second-order valence-electron chi connectivity index (χ2n) is 9.73. The van der Waals surface area contributed by atoms with Crippen molar-refractivity contribution in [2.24, 2.45) is 4.99 Å². The van der Waals surface area contributed by atoms with E-state index in [0.717, 1.165) is 11.1 Å². The Hall–Kier alpha value is -4.50. The van der Waals surface area contributed by atoms with Gasteiger partial charge in [0.15, 0.2) is 0 Å². The summed E-state index contributed by atoms with van der Waals surface area (Å²) in [5, 5.41) is 15.6. The van der Waals surface area contributed by atoms with Crippen LogP contribution in [-0.2, 0) is 10.2 Å². The van der Waals surface area contributed by atoms with Crippen molar-refractivity contribution in [1.82, 2.24) is 10.6 Å². The Morgan fingerprint density at radius 1 is 0.889 bits per heavy atom. The number of aliphatic imine (C=N–C) groups is 1. The lowest BCUT2D eigenvalue weighted by Gasteiger charge is -2.19.